The van der Waals surface area contributed by atoms with Gasteiger partial charge in [0.25, 0.3) is 5.91 Å². The first-order valence-electron chi connectivity index (χ1n) is 7.13. The van der Waals surface area contributed by atoms with Gasteiger partial charge in [-0.3, -0.25) is 9.20 Å². The number of hydrogen-bond donors (Lipinski definition) is 1. The van der Waals surface area contributed by atoms with E-state index in [2.05, 4.69) is 26.2 Å². The first kappa shape index (κ1) is 15.7. The van der Waals surface area contributed by atoms with Crippen molar-refractivity contribution in [2.75, 3.05) is 0 Å². The molecular weight excluding hydrogens is 361 g/mol. The Balaban J connectivity index is 1.89. The Hall–Kier alpha value is -2.21. The summed E-state index contributed by atoms with van der Waals surface area (Å²) in [5.41, 5.74) is 3.73. The number of aryl methyl sites for hydroxylation is 2. The summed E-state index contributed by atoms with van der Waals surface area (Å²) in [5.74, 6) is -0.505. The van der Waals surface area contributed by atoms with Crippen molar-refractivity contribution in [1.29, 1.82) is 0 Å². The van der Waals surface area contributed by atoms with Gasteiger partial charge in [0, 0.05) is 12.7 Å². The summed E-state index contributed by atoms with van der Waals surface area (Å²) in [5, 5.41) is 2.86. The van der Waals surface area contributed by atoms with E-state index in [0.29, 0.717) is 23.6 Å². The largest absolute Gasteiger partial charge is 0.347 e. The first-order chi connectivity index (χ1) is 11.0. The van der Waals surface area contributed by atoms with Gasteiger partial charge in [-0.15, -0.1) is 0 Å². The lowest BCUT2D eigenvalue weighted by Crippen LogP contribution is -2.25. The third-order valence-electron chi connectivity index (χ3n) is 3.57. The molecule has 0 bridgehead atoms. The van der Waals surface area contributed by atoms with Gasteiger partial charge in [0.05, 0.1) is 10.2 Å². The third-order valence-corrected chi connectivity index (χ3v) is 4.15. The Bertz CT molecular complexity index is 887. The molecule has 1 aromatic carbocycles. The van der Waals surface area contributed by atoms with Crippen LogP contribution in [-0.4, -0.2) is 15.3 Å². The highest BCUT2D eigenvalue weighted by Gasteiger charge is 2.18. The van der Waals surface area contributed by atoms with Gasteiger partial charge in [-0.2, -0.15) is 0 Å². The van der Waals surface area contributed by atoms with Gasteiger partial charge >= 0.3 is 0 Å². The van der Waals surface area contributed by atoms with Crippen LogP contribution in [0.25, 0.3) is 5.65 Å². The quantitative estimate of drug-likeness (QED) is 0.756. The minimum Gasteiger partial charge on any atom is -0.347 e. The van der Waals surface area contributed by atoms with Crippen LogP contribution in [0.15, 0.2) is 41.0 Å². The van der Waals surface area contributed by atoms with Crippen LogP contribution in [0.4, 0.5) is 4.39 Å². The number of nitrogens with zero attached hydrogens (tertiary/aromatic N) is 2. The van der Waals surface area contributed by atoms with E-state index >= 15 is 0 Å². The molecule has 2 aromatic heterocycles. The Morgan fingerprint density at radius 2 is 2.00 bits per heavy atom. The fourth-order valence-electron chi connectivity index (χ4n) is 2.49. The Morgan fingerprint density at radius 1 is 1.30 bits per heavy atom. The molecule has 1 N–H and O–H groups in total. The number of pyridine rings is 1. The molecule has 118 valence electrons. The van der Waals surface area contributed by atoms with Crippen LogP contribution in [-0.2, 0) is 6.54 Å². The summed E-state index contributed by atoms with van der Waals surface area (Å²) in [7, 11) is 0. The van der Waals surface area contributed by atoms with Crippen molar-refractivity contribution in [2.45, 2.75) is 20.4 Å². The monoisotopic (exact) mass is 375 g/mol. The number of aromatic nitrogens is 2. The number of fused-ring (bicyclic) bond motifs is 1. The molecule has 0 aliphatic carbocycles. The molecule has 0 radical (unpaired) electrons. The molecule has 0 saturated heterocycles. The smallest absolute Gasteiger partial charge is 0.270 e. The maximum atomic E-state index is 12.9. The van der Waals surface area contributed by atoms with Gasteiger partial charge in [0.2, 0.25) is 0 Å². The van der Waals surface area contributed by atoms with Crippen molar-refractivity contribution in [1.82, 2.24) is 14.7 Å². The zero-order valence-electron chi connectivity index (χ0n) is 12.7. The molecule has 0 spiro atoms. The summed E-state index contributed by atoms with van der Waals surface area (Å²) < 4.78 is 15.5. The molecule has 23 heavy (non-hydrogen) atoms. The molecule has 2 heterocycles. The van der Waals surface area contributed by atoms with Crippen molar-refractivity contribution in [3.63, 3.8) is 0 Å². The number of hydrogen-bond acceptors (Lipinski definition) is 2. The fourth-order valence-corrected chi connectivity index (χ4v) is 3.13. The van der Waals surface area contributed by atoms with E-state index in [4.69, 9.17) is 0 Å². The van der Waals surface area contributed by atoms with Crippen LogP contribution in [0, 0.1) is 19.7 Å². The van der Waals surface area contributed by atoms with Gasteiger partial charge in [0.15, 0.2) is 5.65 Å². The molecule has 0 aliphatic rings. The van der Waals surface area contributed by atoms with Gasteiger partial charge < -0.3 is 5.32 Å². The van der Waals surface area contributed by atoms with E-state index in [9.17, 15) is 9.18 Å². The van der Waals surface area contributed by atoms with Crippen molar-refractivity contribution < 1.29 is 9.18 Å². The standard InChI is InChI=1S/C17H15BrFN3O/c1-10-7-14(18)16-21-11(2)15(22(16)9-10)17(23)20-8-12-3-5-13(19)6-4-12/h3-7,9H,8H2,1-2H3,(H,20,23). The minimum absolute atomic E-state index is 0.211. The highest BCUT2D eigenvalue weighted by Crippen LogP contribution is 2.22. The second-order valence-electron chi connectivity index (χ2n) is 5.41. The lowest BCUT2D eigenvalue weighted by Gasteiger charge is -2.07. The Labute approximate surface area is 141 Å². The molecule has 0 atom stereocenters. The van der Waals surface area contributed by atoms with Gasteiger partial charge in [-0.25, -0.2) is 9.37 Å². The normalized spacial score (nSPS) is 11.0. The van der Waals surface area contributed by atoms with Crippen LogP contribution in [0.5, 0.6) is 0 Å². The highest BCUT2D eigenvalue weighted by atomic mass is 79.9. The molecule has 3 aromatic rings. The van der Waals surface area contributed by atoms with Crippen LogP contribution in [0.3, 0.4) is 0 Å². The van der Waals surface area contributed by atoms with Gasteiger partial charge in [-0.05, 0) is 59.1 Å². The summed E-state index contributed by atoms with van der Waals surface area (Å²) in [6, 6.07) is 8.01. The van der Waals surface area contributed by atoms with E-state index in [-0.39, 0.29) is 11.7 Å². The number of nitrogens with one attached hydrogen (secondary N) is 1. The summed E-state index contributed by atoms with van der Waals surface area (Å²) in [4.78, 5) is 17.0. The summed E-state index contributed by atoms with van der Waals surface area (Å²) >= 11 is 3.48. The average molecular weight is 376 g/mol. The molecular formula is C17H15BrFN3O. The average Bonchev–Trinajstić information content (AvgIpc) is 2.83. The number of carbonyl (C=O) groups is 1. The molecule has 0 saturated carbocycles. The number of carbonyl (C=O) groups excluding carboxylic acids is 1. The van der Waals surface area contributed by atoms with Crippen LogP contribution in [0.2, 0.25) is 0 Å². The van der Waals surface area contributed by atoms with E-state index in [0.717, 1.165) is 15.6 Å². The van der Waals surface area contributed by atoms with E-state index in [1.165, 1.54) is 12.1 Å². The van der Waals surface area contributed by atoms with Crippen LogP contribution < -0.4 is 5.32 Å². The predicted octanol–water partition coefficient (Wildman–Crippen LogP) is 3.78. The number of amides is 1. The molecule has 0 unspecified atom stereocenters. The molecule has 6 heteroatoms. The third kappa shape index (κ3) is 3.12. The van der Waals surface area contributed by atoms with Crippen molar-refractivity contribution in [3.8, 4) is 0 Å². The molecule has 0 aliphatic heterocycles. The SMILES string of the molecule is Cc1cc(Br)c2nc(C)c(C(=O)NCc3ccc(F)cc3)n2c1. The number of rotatable bonds is 3. The zero-order valence-corrected chi connectivity index (χ0v) is 14.3. The summed E-state index contributed by atoms with van der Waals surface area (Å²) in [6.07, 6.45) is 1.88. The van der Waals surface area contributed by atoms with E-state index in [1.807, 2.05) is 26.1 Å². The topological polar surface area (TPSA) is 46.4 Å². The molecule has 0 fully saturated rings. The Morgan fingerprint density at radius 3 is 2.70 bits per heavy atom. The highest BCUT2D eigenvalue weighted by molar-refractivity contribution is 9.10. The number of benzene rings is 1. The Kier molecular flexibility index (Phi) is 4.17. The number of halogens is 2. The van der Waals surface area contributed by atoms with Crippen LogP contribution >= 0.6 is 15.9 Å². The minimum atomic E-state index is -0.293. The van der Waals surface area contributed by atoms with E-state index < -0.39 is 0 Å². The van der Waals surface area contributed by atoms with Crippen molar-refractivity contribution in [3.05, 3.63) is 69.3 Å². The maximum Gasteiger partial charge on any atom is 0.270 e. The lowest BCUT2D eigenvalue weighted by atomic mass is 10.2. The zero-order chi connectivity index (χ0) is 16.6. The van der Waals surface area contributed by atoms with Gasteiger partial charge in [-0.1, -0.05) is 12.1 Å². The van der Waals surface area contributed by atoms with Crippen LogP contribution in [0.1, 0.15) is 27.3 Å². The molecule has 4 nitrogen and oxygen atoms in total. The first-order valence-corrected chi connectivity index (χ1v) is 7.92. The summed E-state index contributed by atoms with van der Waals surface area (Å²) in [6.45, 7) is 4.10. The predicted molar refractivity (Wildman–Crippen MR) is 89.9 cm³/mol. The van der Waals surface area contributed by atoms with E-state index in [1.54, 1.807) is 16.5 Å². The molecule has 1 amide bonds. The maximum absolute atomic E-state index is 12.9. The fraction of sp³-hybridized carbons (Fsp3) is 0.176. The molecule has 3 rings (SSSR count). The second-order valence-corrected chi connectivity index (χ2v) is 6.27. The second kappa shape index (κ2) is 6.12. The van der Waals surface area contributed by atoms with Gasteiger partial charge in [0.1, 0.15) is 11.5 Å². The van der Waals surface area contributed by atoms with Crippen molar-refractivity contribution >= 4 is 27.5 Å². The lowest BCUT2D eigenvalue weighted by molar-refractivity contribution is 0.0944. The number of imidazole rings is 1. The van der Waals surface area contributed by atoms with Crippen molar-refractivity contribution in [2.24, 2.45) is 0 Å².